The zero-order chi connectivity index (χ0) is 23.2. The molecule has 174 valence electrons. The van der Waals surface area contributed by atoms with Crippen molar-refractivity contribution in [2.24, 2.45) is 5.41 Å². The van der Waals surface area contributed by atoms with Crippen LogP contribution >= 0.6 is 0 Å². The minimum absolute atomic E-state index is 0.0337. The van der Waals surface area contributed by atoms with E-state index in [1.165, 1.54) is 0 Å². The molecule has 3 heterocycles. The van der Waals surface area contributed by atoms with E-state index in [1.807, 2.05) is 36.4 Å². The summed E-state index contributed by atoms with van der Waals surface area (Å²) >= 11 is 0. The van der Waals surface area contributed by atoms with Crippen molar-refractivity contribution in [3.63, 3.8) is 0 Å². The number of carbonyl (C=O) groups excluding carboxylic acids is 2. The van der Waals surface area contributed by atoms with Gasteiger partial charge in [-0.15, -0.1) is 0 Å². The first-order valence-corrected chi connectivity index (χ1v) is 12.1. The number of likely N-dealkylation sites (tertiary alicyclic amines) is 2. The number of ether oxygens (including phenoxy) is 1. The lowest BCUT2D eigenvalue weighted by Crippen LogP contribution is -2.55. The first-order valence-electron chi connectivity index (χ1n) is 12.1. The summed E-state index contributed by atoms with van der Waals surface area (Å²) in [6, 6.07) is 12.2. The van der Waals surface area contributed by atoms with E-state index in [4.69, 9.17) is 4.74 Å². The van der Waals surface area contributed by atoms with Gasteiger partial charge in [-0.25, -0.2) is 0 Å². The van der Waals surface area contributed by atoms with Crippen molar-refractivity contribution in [2.45, 2.75) is 70.5 Å². The largest absolute Gasteiger partial charge is 0.496 e. The Morgan fingerprint density at radius 2 is 1.91 bits per heavy atom. The lowest BCUT2D eigenvalue weighted by Gasteiger charge is -2.46. The molecule has 0 unspecified atom stereocenters. The molecule has 4 atom stereocenters. The van der Waals surface area contributed by atoms with Gasteiger partial charge in [-0.05, 0) is 37.5 Å². The highest BCUT2D eigenvalue weighted by Gasteiger charge is 2.60. The Bertz CT molecular complexity index is 1070. The van der Waals surface area contributed by atoms with E-state index >= 15 is 0 Å². The molecule has 33 heavy (non-hydrogen) atoms. The number of rotatable bonds is 4. The molecule has 0 radical (unpaired) electrons. The number of nitrogens with zero attached hydrogens (tertiary/aromatic N) is 3. The van der Waals surface area contributed by atoms with E-state index in [-0.39, 0.29) is 35.4 Å². The lowest BCUT2D eigenvalue weighted by molar-refractivity contribution is -0.132. The standard InChI is InChI=1S/C27H33N3O3/c1-18(31)30-22-16-27(2)24(10-6-7-11-25(27)30)29(17-22)26(32)20-12-13-28-21(15-20)14-19-8-4-5-9-23(19)33-3/h4-5,8-9,12-13,15,22,24-25H,6-7,10-11,14,16-17H2,1-3H3/t22-,24+,25-,27+/m0/s1. The first kappa shape index (κ1) is 21.9. The number of hydrogen-bond donors (Lipinski definition) is 0. The summed E-state index contributed by atoms with van der Waals surface area (Å²) in [4.78, 5) is 35.1. The van der Waals surface area contributed by atoms with Gasteiger partial charge in [-0.1, -0.05) is 38.0 Å². The molecular weight excluding hydrogens is 414 g/mol. The average molecular weight is 448 g/mol. The highest BCUT2D eigenvalue weighted by atomic mass is 16.5. The fourth-order valence-corrected chi connectivity index (χ4v) is 6.78. The molecule has 1 aromatic carbocycles. The maximum atomic E-state index is 13.8. The second-order valence-electron chi connectivity index (χ2n) is 10.1. The van der Waals surface area contributed by atoms with Crippen LogP contribution in [0.25, 0.3) is 0 Å². The Morgan fingerprint density at radius 1 is 1.15 bits per heavy atom. The van der Waals surface area contributed by atoms with Crippen molar-refractivity contribution in [1.29, 1.82) is 0 Å². The Kier molecular flexibility index (Phi) is 5.63. The van der Waals surface area contributed by atoms with Gasteiger partial charge in [0.05, 0.1) is 13.2 Å². The summed E-state index contributed by atoms with van der Waals surface area (Å²) in [5, 5.41) is 0. The van der Waals surface area contributed by atoms with Gasteiger partial charge in [-0.3, -0.25) is 14.6 Å². The Hall–Kier alpha value is -2.89. The zero-order valence-electron chi connectivity index (χ0n) is 19.8. The number of hydrogen-bond acceptors (Lipinski definition) is 4. The first-order chi connectivity index (χ1) is 15.9. The predicted molar refractivity (Wildman–Crippen MR) is 126 cm³/mol. The van der Waals surface area contributed by atoms with Crippen LogP contribution in [0.2, 0.25) is 0 Å². The average Bonchev–Trinajstić information content (AvgIpc) is 2.92. The molecule has 5 rings (SSSR count). The van der Waals surface area contributed by atoms with Gasteiger partial charge in [0, 0.05) is 60.4 Å². The molecular formula is C27H33N3O3. The van der Waals surface area contributed by atoms with E-state index in [0.717, 1.165) is 49.1 Å². The molecule has 6 nitrogen and oxygen atoms in total. The van der Waals surface area contributed by atoms with Crippen LogP contribution in [0.15, 0.2) is 42.6 Å². The molecule has 2 amide bonds. The van der Waals surface area contributed by atoms with Crippen molar-refractivity contribution >= 4 is 11.8 Å². The molecule has 2 aromatic rings. The molecule has 2 saturated heterocycles. The number of aromatic nitrogens is 1. The maximum Gasteiger partial charge on any atom is 0.254 e. The van der Waals surface area contributed by atoms with Gasteiger partial charge in [0.2, 0.25) is 5.91 Å². The molecule has 0 N–H and O–H groups in total. The molecule has 2 aliphatic heterocycles. The fraction of sp³-hybridized carbons (Fsp3) is 0.519. The van der Waals surface area contributed by atoms with Crippen LogP contribution in [0.5, 0.6) is 5.75 Å². The summed E-state index contributed by atoms with van der Waals surface area (Å²) < 4.78 is 5.48. The summed E-state index contributed by atoms with van der Waals surface area (Å²) in [6.45, 7) is 4.62. The number of benzene rings is 1. The molecule has 1 aromatic heterocycles. The third kappa shape index (κ3) is 3.69. The SMILES string of the molecule is COc1ccccc1Cc1cc(C(=O)N2C[C@@H]3C[C@@]4(C)[C@H](CCCC[C@@H]24)N3C(C)=O)ccn1. The monoisotopic (exact) mass is 447 g/mol. The third-order valence-electron chi connectivity index (χ3n) is 8.17. The van der Waals surface area contributed by atoms with Gasteiger partial charge >= 0.3 is 0 Å². The summed E-state index contributed by atoms with van der Waals surface area (Å²) in [5.41, 5.74) is 2.54. The van der Waals surface area contributed by atoms with Crippen LogP contribution in [0, 0.1) is 5.41 Å². The molecule has 2 bridgehead atoms. The third-order valence-corrected chi connectivity index (χ3v) is 8.17. The topological polar surface area (TPSA) is 62.7 Å². The molecule has 1 saturated carbocycles. The number of para-hydroxylation sites is 1. The van der Waals surface area contributed by atoms with Gasteiger partial charge in [0.15, 0.2) is 0 Å². The van der Waals surface area contributed by atoms with E-state index < -0.39 is 0 Å². The molecule has 3 aliphatic rings. The van der Waals surface area contributed by atoms with E-state index in [1.54, 1.807) is 20.2 Å². The van der Waals surface area contributed by atoms with Gasteiger partial charge < -0.3 is 14.5 Å². The fourth-order valence-electron chi connectivity index (χ4n) is 6.78. The maximum absolute atomic E-state index is 13.8. The minimum Gasteiger partial charge on any atom is -0.496 e. The van der Waals surface area contributed by atoms with Crippen LogP contribution in [0.4, 0.5) is 0 Å². The van der Waals surface area contributed by atoms with Gasteiger partial charge in [-0.2, -0.15) is 0 Å². The van der Waals surface area contributed by atoms with E-state index in [9.17, 15) is 9.59 Å². The van der Waals surface area contributed by atoms with Crippen molar-refractivity contribution in [3.05, 3.63) is 59.4 Å². The Morgan fingerprint density at radius 3 is 2.67 bits per heavy atom. The molecule has 3 fully saturated rings. The predicted octanol–water partition coefficient (Wildman–Crippen LogP) is 4.08. The second kappa shape index (κ2) is 8.47. The van der Waals surface area contributed by atoms with Crippen molar-refractivity contribution < 1.29 is 14.3 Å². The van der Waals surface area contributed by atoms with Gasteiger partial charge in [0.1, 0.15) is 5.75 Å². The Balaban J connectivity index is 1.44. The van der Waals surface area contributed by atoms with Crippen LogP contribution in [-0.2, 0) is 11.2 Å². The molecule has 0 spiro atoms. The summed E-state index contributed by atoms with van der Waals surface area (Å²) in [7, 11) is 1.67. The highest BCUT2D eigenvalue weighted by Crippen LogP contribution is 2.53. The molecule has 1 aliphatic carbocycles. The quantitative estimate of drug-likeness (QED) is 0.709. The van der Waals surface area contributed by atoms with Crippen molar-refractivity contribution in [1.82, 2.24) is 14.8 Å². The van der Waals surface area contributed by atoms with E-state index in [0.29, 0.717) is 18.5 Å². The Labute approximate surface area is 195 Å². The summed E-state index contributed by atoms with van der Waals surface area (Å²) in [6.07, 6.45) is 7.62. The number of fused-ring (bicyclic) bond motifs is 1. The second-order valence-corrected chi connectivity index (χ2v) is 10.1. The van der Waals surface area contributed by atoms with Crippen LogP contribution in [0.3, 0.4) is 0 Å². The van der Waals surface area contributed by atoms with E-state index in [2.05, 4.69) is 21.7 Å². The van der Waals surface area contributed by atoms with Crippen LogP contribution in [-0.4, -0.2) is 58.4 Å². The number of methoxy groups -OCH3 is 1. The van der Waals surface area contributed by atoms with Crippen LogP contribution < -0.4 is 4.74 Å². The lowest BCUT2D eigenvalue weighted by atomic mass is 9.71. The number of piperidine rings is 1. The normalized spacial score (nSPS) is 28.4. The number of pyridine rings is 1. The highest BCUT2D eigenvalue weighted by molar-refractivity contribution is 5.95. The number of amides is 2. The summed E-state index contributed by atoms with van der Waals surface area (Å²) in [5.74, 6) is 1.03. The smallest absolute Gasteiger partial charge is 0.254 e. The van der Waals surface area contributed by atoms with Gasteiger partial charge in [0.25, 0.3) is 5.91 Å². The van der Waals surface area contributed by atoms with Crippen molar-refractivity contribution in [3.8, 4) is 5.75 Å². The van der Waals surface area contributed by atoms with Crippen molar-refractivity contribution in [2.75, 3.05) is 13.7 Å². The minimum atomic E-state index is -0.0337. The van der Waals surface area contributed by atoms with Crippen LogP contribution in [0.1, 0.15) is 67.6 Å². The molecule has 6 heteroatoms. The number of carbonyl (C=O) groups is 2. The zero-order valence-corrected chi connectivity index (χ0v) is 19.8.